The molecule has 6 nitrogen and oxygen atoms in total. The van der Waals surface area contributed by atoms with Crippen LogP contribution in [0.2, 0.25) is 0 Å². The van der Waals surface area contributed by atoms with E-state index in [0.29, 0.717) is 25.8 Å². The van der Waals surface area contributed by atoms with E-state index in [2.05, 4.69) is 5.32 Å². The van der Waals surface area contributed by atoms with Crippen molar-refractivity contribution >= 4 is 27.3 Å². The SMILES string of the molecule is CCCS(=O)(=O)c1ccccc1C(=O)N1CCCC(C(=O)Nc2ccccc2)C1. The van der Waals surface area contributed by atoms with Gasteiger partial charge in [0.1, 0.15) is 0 Å². The van der Waals surface area contributed by atoms with Gasteiger partial charge in [-0.3, -0.25) is 9.59 Å². The molecule has 29 heavy (non-hydrogen) atoms. The van der Waals surface area contributed by atoms with Gasteiger partial charge in [0.2, 0.25) is 5.91 Å². The molecule has 2 aromatic carbocycles. The Morgan fingerprint density at radius 1 is 1.07 bits per heavy atom. The third-order valence-corrected chi connectivity index (χ3v) is 7.02. The number of hydrogen-bond donors (Lipinski definition) is 1. The van der Waals surface area contributed by atoms with Crippen LogP contribution in [-0.4, -0.2) is 44.0 Å². The van der Waals surface area contributed by atoms with Gasteiger partial charge >= 0.3 is 0 Å². The van der Waals surface area contributed by atoms with Crippen molar-refractivity contribution in [1.82, 2.24) is 4.90 Å². The van der Waals surface area contributed by atoms with Gasteiger partial charge in [0.25, 0.3) is 5.91 Å². The van der Waals surface area contributed by atoms with Crippen LogP contribution in [0.4, 0.5) is 5.69 Å². The smallest absolute Gasteiger partial charge is 0.255 e. The minimum atomic E-state index is -3.52. The fourth-order valence-corrected chi connectivity index (χ4v) is 5.14. The van der Waals surface area contributed by atoms with E-state index in [1.807, 2.05) is 30.3 Å². The first-order valence-electron chi connectivity index (χ1n) is 9.89. The molecule has 3 rings (SSSR count). The molecule has 1 N–H and O–H groups in total. The summed E-state index contributed by atoms with van der Waals surface area (Å²) in [5.74, 6) is -0.787. The van der Waals surface area contributed by atoms with Crippen molar-refractivity contribution in [1.29, 1.82) is 0 Å². The third-order valence-electron chi connectivity index (χ3n) is 5.05. The Hall–Kier alpha value is -2.67. The van der Waals surface area contributed by atoms with Crippen LogP contribution in [0.3, 0.4) is 0 Å². The number of nitrogens with zero attached hydrogens (tertiary/aromatic N) is 1. The van der Waals surface area contributed by atoms with Gasteiger partial charge in [-0.2, -0.15) is 0 Å². The van der Waals surface area contributed by atoms with Gasteiger partial charge in [-0.15, -0.1) is 0 Å². The summed E-state index contributed by atoms with van der Waals surface area (Å²) in [6.07, 6.45) is 1.87. The number of para-hydroxylation sites is 1. The van der Waals surface area contributed by atoms with Crippen LogP contribution in [0, 0.1) is 5.92 Å². The number of sulfone groups is 1. The van der Waals surface area contributed by atoms with Gasteiger partial charge in [0.15, 0.2) is 9.84 Å². The molecule has 1 saturated heterocycles. The molecule has 0 spiro atoms. The van der Waals surface area contributed by atoms with Crippen molar-refractivity contribution in [3.63, 3.8) is 0 Å². The maximum atomic E-state index is 13.1. The third kappa shape index (κ3) is 5.03. The molecule has 1 unspecified atom stereocenters. The van der Waals surface area contributed by atoms with Crippen molar-refractivity contribution < 1.29 is 18.0 Å². The molecule has 2 amide bonds. The van der Waals surface area contributed by atoms with Gasteiger partial charge in [-0.1, -0.05) is 37.3 Å². The predicted octanol–water partition coefficient (Wildman–Crippen LogP) is 3.36. The number of piperidine rings is 1. The first-order valence-corrected chi connectivity index (χ1v) is 11.5. The van der Waals surface area contributed by atoms with Crippen LogP contribution in [-0.2, 0) is 14.6 Å². The lowest BCUT2D eigenvalue weighted by molar-refractivity contribution is -0.121. The number of hydrogen-bond acceptors (Lipinski definition) is 4. The summed E-state index contributed by atoms with van der Waals surface area (Å²) in [4.78, 5) is 27.4. The molecule has 0 radical (unpaired) electrons. The highest BCUT2D eigenvalue weighted by Gasteiger charge is 2.31. The molecule has 0 bridgehead atoms. The summed E-state index contributed by atoms with van der Waals surface area (Å²) in [5, 5.41) is 2.89. The lowest BCUT2D eigenvalue weighted by Crippen LogP contribution is -2.44. The van der Waals surface area contributed by atoms with Crippen LogP contribution in [0.15, 0.2) is 59.5 Å². The number of rotatable bonds is 6. The van der Waals surface area contributed by atoms with Crippen LogP contribution in [0.5, 0.6) is 0 Å². The van der Waals surface area contributed by atoms with Crippen molar-refractivity contribution in [2.24, 2.45) is 5.92 Å². The number of benzene rings is 2. The molecule has 1 aliphatic heterocycles. The van der Waals surface area contributed by atoms with E-state index in [4.69, 9.17) is 0 Å². The summed E-state index contributed by atoms with van der Waals surface area (Å²) >= 11 is 0. The zero-order chi connectivity index (χ0) is 20.9. The second-order valence-corrected chi connectivity index (χ2v) is 9.34. The normalized spacial score (nSPS) is 17.0. The lowest BCUT2D eigenvalue weighted by atomic mass is 9.96. The Bertz CT molecular complexity index is 973. The van der Waals surface area contributed by atoms with Crippen LogP contribution < -0.4 is 5.32 Å². The molecule has 1 aliphatic rings. The Labute approximate surface area is 171 Å². The molecule has 154 valence electrons. The summed E-state index contributed by atoms with van der Waals surface area (Å²) in [6, 6.07) is 15.5. The lowest BCUT2D eigenvalue weighted by Gasteiger charge is -2.32. The van der Waals surface area contributed by atoms with Gasteiger partial charge in [-0.05, 0) is 43.5 Å². The van der Waals surface area contributed by atoms with E-state index in [1.54, 1.807) is 30.0 Å². The molecule has 0 saturated carbocycles. The van der Waals surface area contributed by atoms with Gasteiger partial charge in [0.05, 0.1) is 22.1 Å². The number of nitrogens with one attached hydrogen (secondary N) is 1. The zero-order valence-corrected chi connectivity index (χ0v) is 17.3. The quantitative estimate of drug-likeness (QED) is 0.786. The summed E-state index contributed by atoms with van der Waals surface area (Å²) in [5.41, 5.74) is 0.905. The van der Waals surface area contributed by atoms with Crippen LogP contribution in [0.1, 0.15) is 36.5 Å². The molecular weight excluding hydrogens is 388 g/mol. The van der Waals surface area contributed by atoms with E-state index in [0.717, 1.165) is 5.69 Å². The average molecular weight is 415 g/mol. The highest BCUT2D eigenvalue weighted by Crippen LogP contribution is 2.24. The molecule has 0 aromatic heterocycles. The zero-order valence-electron chi connectivity index (χ0n) is 16.5. The van der Waals surface area contributed by atoms with E-state index in [1.165, 1.54) is 6.07 Å². The maximum Gasteiger partial charge on any atom is 0.255 e. The maximum absolute atomic E-state index is 13.1. The Balaban J connectivity index is 1.76. The van der Waals surface area contributed by atoms with E-state index in [9.17, 15) is 18.0 Å². The Morgan fingerprint density at radius 2 is 1.76 bits per heavy atom. The minimum absolute atomic E-state index is 0.000595. The van der Waals surface area contributed by atoms with E-state index < -0.39 is 9.84 Å². The van der Waals surface area contributed by atoms with Crippen molar-refractivity contribution in [2.45, 2.75) is 31.1 Å². The van der Waals surface area contributed by atoms with Crippen molar-refractivity contribution in [3.05, 3.63) is 60.2 Å². The fraction of sp³-hybridized carbons (Fsp3) is 0.364. The second-order valence-electron chi connectivity index (χ2n) is 7.26. The molecule has 7 heteroatoms. The molecule has 1 heterocycles. The van der Waals surface area contributed by atoms with Gasteiger partial charge in [-0.25, -0.2) is 8.42 Å². The number of anilines is 1. The molecule has 1 atom stereocenters. The summed E-state index contributed by atoms with van der Waals surface area (Å²) in [7, 11) is -3.52. The topological polar surface area (TPSA) is 83.6 Å². The van der Waals surface area contributed by atoms with Gasteiger partial charge in [0, 0.05) is 18.8 Å². The first-order chi connectivity index (χ1) is 13.9. The van der Waals surface area contributed by atoms with Crippen LogP contribution >= 0.6 is 0 Å². The first kappa shape index (κ1) is 21.0. The van der Waals surface area contributed by atoms with Gasteiger partial charge < -0.3 is 10.2 Å². The van der Waals surface area contributed by atoms with E-state index in [-0.39, 0.29) is 40.5 Å². The average Bonchev–Trinajstić information content (AvgIpc) is 2.74. The summed E-state index contributed by atoms with van der Waals surface area (Å²) < 4.78 is 25.2. The van der Waals surface area contributed by atoms with E-state index >= 15 is 0 Å². The fourth-order valence-electron chi connectivity index (χ4n) is 3.60. The number of amides is 2. The number of carbonyl (C=O) groups is 2. The standard InChI is InChI=1S/C22H26N2O4S/c1-2-15-29(27,28)20-13-7-6-12-19(20)22(26)24-14-8-9-17(16-24)21(25)23-18-10-4-3-5-11-18/h3-7,10-13,17H,2,8-9,14-16H2,1H3,(H,23,25). The largest absolute Gasteiger partial charge is 0.338 e. The number of carbonyl (C=O) groups excluding carboxylic acids is 2. The molecule has 2 aromatic rings. The highest BCUT2D eigenvalue weighted by atomic mass is 32.2. The van der Waals surface area contributed by atoms with Crippen molar-refractivity contribution in [3.8, 4) is 0 Å². The van der Waals surface area contributed by atoms with Crippen LogP contribution in [0.25, 0.3) is 0 Å². The molecular formula is C22H26N2O4S. The van der Waals surface area contributed by atoms with Crippen molar-refractivity contribution in [2.75, 3.05) is 24.2 Å². The second kappa shape index (κ2) is 9.22. The molecule has 1 fully saturated rings. The Morgan fingerprint density at radius 3 is 2.48 bits per heavy atom. The Kier molecular flexibility index (Phi) is 6.69. The minimum Gasteiger partial charge on any atom is -0.338 e. The monoisotopic (exact) mass is 414 g/mol. The summed E-state index contributed by atoms with van der Waals surface area (Å²) in [6.45, 7) is 2.58. The highest BCUT2D eigenvalue weighted by molar-refractivity contribution is 7.91. The number of likely N-dealkylation sites (tertiary alicyclic amines) is 1. The molecule has 0 aliphatic carbocycles. The predicted molar refractivity (Wildman–Crippen MR) is 112 cm³/mol.